The van der Waals surface area contributed by atoms with Crippen LogP contribution in [-0.4, -0.2) is 38.0 Å². The van der Waals surface area contributed by atoms with Crippen LogP contribution in [0.25, 0.3) is 0 Å². The molecule has 1 aromatic rings. The lowest BCUT2D eigenvalue weighted by Crippen LogP contribution is -2.17. The van der Waals surface area contributed by atoms with E-state index in [-0.39, 0.29) is 18.7 Å². The van der Waals surface area contributed by atoms with E-state index in [1.807, 2.05) is 24.3 Å². The van der Waals surface area contributed by atoms with Gasteiger partial charge in [0.2, 0.25) is 0 Å². The minimum absolute atomic E-state index is 0.0170. The van der Waals surface area contributed by atoms with Crippen molar-refractivity contribution >= 4 is 5.97 Å². The molecule has 1 rings (SSSR count). The van der Waals surface area contributed by atoms with Gasteiger partial charge in [-0.05, 0) is 37.0 Å². The molecule has 0 saturated carbocycles. The van der Waals surface area contributed by atoms with Gasteiger partial charge >= 0.3 is 5.97 Å². The van der Waals surface area contributed by atoms with E-state index in [1.54, 1.807) is 13.2 Å². The molecule has 5 nitrogen and oxygen atoms in total. The van der Waals surface area contributed by atoms with Crippen LogP contribution in [0.3, 0.4) is 0 Å². The van der Waals surface area contributed by atoms with Crippen molar-refractivity contribution in [1.82, 2.24) is 0 Å². The van der Waals surface area contributed by atoms with Crippen LogP contribution >= 0.6 is 0 Å². The molecule has 0 aliphatic carbocycles. The average Bonchev–Trinajstić information content (AvgIpc) is 2.57. The van der Waals surface area contributed by atoms with Gasteiger partial charge in [-0.3, -0.25) is 0 Å². The largest absolute Gasteiger partial charge is 0.497 e. The van der Waals surface area contributed by atoms with E-state index in [9.17, 15) is 9.90 Å². The van der Waals surface area contributed by atoms with Gasteiger partial charge in [0.15, 0.2) is 0 Å². The Bertz CT molecular complexity index is 453. The monoisotopic (exact) mass is 308 g/mol. The maximum Gasteiger partial charge on any atom is 0.330 e. The highest BCUT2D eigenvalue weighted by molar-refractivity contribution is 5.81. The van der Waals surface area contributed by atoms with E-state index in [4.69, 9.17) is 9.47 Å². The van der Waals surface area contributed by atoms with Gasteiger partial charge in [0.05, 0.1) is 33.5 Å². The maximum atomic E-state index is 10.9. The van der Waals surface area contributed by atoms with E-state index in [0.29, 0.717) is 6.61 Å². The number of aliphatic hydroxyl groups excluding tert-OH is 1. The molecule has 0 aliphatic heterocycles. The highest BCUT2D eigenvalue weighted by Gasteiger charge is 2.07. The van der Waals surface area contributed by atoms with Crippen LogP contribution in [0, 0.1) is 0 Å². The first kappa shape index (κ1) is 18.2. The third kappa shape index (κ3) is 7.24. The van der Waals surface area contributed by atoms with Gasteiger partial charge in [-0.25, -0.2) is 4.79 Å². The van der Waals surface area contributed by atoms with Crippen LogP contribution in [0.1, 0.15) is 24.8 Å². The number of carbonyl (C=O) groups excluding carboxylic acids is 1. The summed E-state index contributed by atoms with van der Waals surface area (Å²) in [5.41, 5.74) is 1.03. The summed E-state index contributed by atoms with van der Waals surface area (Å²) in [7, 11) is 2.98. The van der Waals surface area contributed by atoms with Gasteiger partial charge in [-0.1, -0.05) is 18.2 Å². The third-order valence-electron chi connectivity index (χ3n) is 3.20. The number of benzene rings is 1. The van der Waals surface area contributed by atoms with Crippen molar-refractivity contribution in [3.05, 3.63) is 42.0 Å². The molecular formula is C17H24O5. The van der Waals surface area contributed by atoms with E-state index < -0.39 is 0 Å². The number of carbonyl (C=O) groups is 1. The molecule has 22 heavy (non-hydrogen) atoms. The van der Waals surface area contributed by atoms with Crippen molar-refractivity contribution in [3.8, 4) is 5.75 Å². The van der Waals surface area contributed by atoms with E-state index in [1.165, 1.54) is 13.2 Å². The SMILES string of the molecule is COC(=O)/C=C/CCC[C@H](CO)OCc1ccc(OC)cc1. The third-order valence-corrected chi connectivity index (χ3v) is 3.20. The second-order valence-corrected chi connectivity index (χ2v) is 4.82. The molecule has 0 bridgehead atoms. The van der Waals surface area contributed by atoms with Gasteiger partial charge < -0.3 is 19.3 Å². The fraction of sp³-hybridized carbons (Fsp3) is 0.471. The lowest BCUT2D eigenvalue weighted by atomic mass is 10.1. The van der Waals surface area contributed by atoms with Gasteiger partial charge in [0.1, 0.15) is 5.75 Å². The number of esters is 1. The van der Waals surface area contributed by atoms with Crippen LogP contribution in [0.5, 0.6) is 5.75 Å². The summed E-state index contributed by atoms with van der Waals surface area (Å²) >= 11 is 0. The van der Waals surface area contributed by atoms with Crippen molar-refractivity contribution in [2.24, 2.45) is 0 Å². The Morgan fingerprint density at radius 3 is 2.59 bits per heavy atom. The number of unbranched alkanes of at least 4 members (excludes halogenated alkanes) is 1. The second kappa shape index (κ2) is 10.8. The molecule has 0 aromatic heterocycles. The number of aliphatic hydroxyl groups is 1. The molecule has 0 heterocycles. The Morgan fingerprint density at radius 1 is 1.27 bits per heavy atom. The molecular weight excluding hydrogens is 284 g/mol. The summed E-state index contributed by atoms with van der Waals surface area (Å²) in [5.74, 6) is 0.453. The topological polar surface area (TPSA) is 65.0 Å². The van der Waals surface area contributed by atoms with Crippen molar-refractivity contribution in [2.45, 2.75) is 32.0 Å². The van der Waals surface area contributed by atoms with Crippen molar-refractivity contribution in [1.29, 1.82) is 0 Å². The van der Waals surface area contributed by atoms with Crippen molar-refractivity contribution < 1.29 is 24.1 Å². The van der Waals surface area contributed by atoms with Gasteiger partial charge in [-0.15, -0.1) is 0 Å². The predicted molar refractivity (Wildman–Crippen MR) is 83.7 cm³/mol. The van der Waals surface area contributed by atoms with E-state index in [2.05, 4.69) is 4.74 Å². The summed E-state index contributed by atoms with van der Waals surface area (Å²) in [6, 6.07) is 7.63. The van der Waals surface area contributed by atoms with E-state index >= 15 is 0 Å². The number of rotatable bonds is 10. The van der Waals surface area contributed by atoms with Crippen molar-refractivity contribution in [2.75, 3.05) is 20.8 Å². The fourth-order valence-electron chi connectivity index (χ4n) is 1.87. The molecule has 0 aliphatic rings. The summed E-state index contributed by atoms with van der Waals surface area (Å²) in [6.07, 6.45) is 5.29. The molecule has 1 atom stereocenters. The van der Waals surface area contributed by atoms with Crippen LogP contribution in [0.4, 0.5) is 0 Å². The minimum atomic E-state index is -0.352. The molecule has 0 fully saturated rings. The standard InChI is InChI=1S/C17H24O5/c1-20-15-10-8-14(9-11-15)13-22-16(12-18)6-4-3-5-7-17(19)21-2/h5,7-11,16,18H,3-4,6,12-13H2,1-2H3/b7-5+/t16-/m1/s1. The first-order chi connectivity index (χ1) is 10.7. The quantitative estimate of drug-likeness (QED) is 0.409. The zero-order valence-electron chi connectivity index (χ0n) is 13.2. The first-order valence-electron chi connectivity index (χ1n) is 7.29. The molecule has 0 spiro atoms. The Kier molecular flexibility index (Phi) is 8.95. The average molecular weight is 308 g/mol. The second-order valence-electron chi connectivity index (χ2n) is 4.82. The summed E-state index contributed by atoms with van der Waals surface area (Å²) < 4.78 is 15.3. The van der Waals surface area contributed by atoms with Crippen molar-refractivity contribution in [3.63, 3.8) is 0 Å². The number of allylic oxidation sites excluding steroid dienone is 1. The first-order valence-corrected chi connectivity index (χ1v) is 7.29. The predicted octanol–water partition coefficient (Wildman–Crippen LogP) is 2.47. The Hall–Kier alpha value is -1.85. The lowest BCUT2D eigenvalue weighted by Gasteiger charge is -2.15. The molecule has 5 heteroatoms. The number of hydrogen-bond acceptors (Lipinski definition) is 5. The summed E-state index contributed by atoms with van der Waals surface area (Å²) in [6.45, 7) is 0.435. The molecule has 1 aromatic carbocycles. The van der Waals surface area contributed by atoms with Gasteiger partial charge in [0, 0.05) is 6.08 Å². The zero-order chi connectivity index (χ0) is 16.2. The smallest absolute Gasteiger partial charge is 0.330 e. The zero-order valence-corrected chi connectivity index (χ0v) is 13.2. The van der Waals surface area contributed by atoms with Crippen LogP contribution in [0.15, 0.2) is 36.4 Å². The molecule has 122 valence electrons. The highest BCUT2D eigenvalue weighted by Crippen LogP contribution is 2.14. The van der Waals surface area contributed by atoms with Crippen LogP contribution in [0.2, 0.25) is 0 Å². The molecule has 0 unspecified atom stereocenters. The molecule has 1 N–H and O–H groups in total. The number of ether oxygens (including phenoxy) is 3. The molecule has 0 saturated heterocycles. The molecule has 0 radical (unpaired) electrons. The molecule has 0 amide bonds. The fourth-order valence-corrected chi connectivity index (χ4v) is 1.87. The number of methoxy groups -OCH3 is 2. The van der Waals surface area contributed by atoms with Crippen LogP contribution < -0.4 is 4.74 Å². The van der Waals surface area contributed by atoms with Gasteiger partial charge in [-0.2, -0.15) is 0 Å². The summed E-state index contributed by atoms with van der Waals surface area (Å²) in [4.78, 5) is 10.9. The Morgan fingerprint density at radius 2 is 2.00 bits per heavy atom. The maximum absolute atomic E-state index is 10.9. The summed E-state index contributed by atoms with van der Waals surface area (Å²) in [5, 5.41) is 9.33. The Labute approximate surface area is 131 Å². The highest BCUT2D eigenvalue weighted by atomic mass is 16.5. The lowest BCUT2D eigenvalue weighted by molar-refractivity contribution is -0.134. The minimum Gasteiger partial charge on any atom is -0.497 e. The Balaban J connectivity index is 2.26. The van der Waals surface area contributed by atoms with Gasteiger partial charge in [0.25, 0.3) is 0 Å². The normalized spacial score (nSPS) is 12.3. The number of hydrogen-bond donors (Lipinski definition) is 1. The van der Waals surface area contributed by atoms with Crippen LogP contribution in [-0.2, 0) is 20.9 Å². The van der Waals surface area contributed by atoms with E-state index in [0.717, 1.165) is 30.6 Å².